The summed E-state index contributed by atoms with van der Waals surface area (Å²) < 4.78 is 12.1. The van der Waals surface area contributed by atoms with Gasteiger partial charge < -0.3 is 45.0 Å². The highest BCUT2D eigenvalue weighted by atomic mass is 16.7. The molecule has 1 saturated carbocycles. The number of ether oxygens (including phenoxy) is 2. The van der Waals surface area contributed by atoms with E-state index in [1.165, 1.54) is 5.56 Å². The number of H-pyrrole nitrogens is 2. The summed E-state index contributed by atoms with van der Waals surface area (Å²) in [4.78, 5) is 17.6. The van der Waals surface area contributed by atoms with Gasteiger partial charge in [0.15, 0.2) is 6.29 Å². The number of hydrogen-bond acceptors (Lipinski definition) is 9. The molecule has 8 atom stereocenters. The molecule has 4 aliphatic rings. The molecule has 3 aliphatic heterocycles. The Morgan fingerprint density at radius 3 is 2.24 bits per heavy atom. The number of aliphatic hydroxyl groups excluding tert-OH is 5. The summed E-state index contributed by atoms with van der Waals surface area (Å²) >= 11 is 0. The maximum atomic E-state index is 10.8. The van der Waals surface area contributed by atoms with Crippen LogP contribution in [-0.2, 0) is 22.5 Å². The summed E-state index contributed by atoms with van der Waals surface area (Å²) in [7, 11) is 0. The number of allylic oxidation sites excluding steroid dienone is 1. The predicted molar refractivity (Wildman–Crippen MR) is 187 cm³/mol. The lowest BCUT2D eigenvalue weighted by Crippen LogP contribution is -2.60. The van der Waals surface area contributed by atoms with Crippen LogP contribution < -0.4 is 0 Å². The zero-order valence-corrected chi connectivity index (χ0v) is 29.0. The first-order chi connectivity index (χ1) is 23.4. The second-order valence-electron chi connectivity index (χ2n) is 14.3. The molecule has 0 aromatic carbocycles. The Labute approximate surface area is 285 Å². The maximum absolute atomic E-state index is 10.8. The highest BCUT2D eigenvalue weighted by Crippen LogP contribution is 2.49. The van der Waals surface area contributed by atoms with E-state index in [1.807, 2.05) is 6.92 Å². The van der Waals surface area contributed by atoms with Gasteiger partial charge in [0.25, 0.3) is 0 Å². The van der Waals surface area contributed by atoms with Crippen molar-refractivity contribution in [1.29, 1.82) is 0 Å². The van der Waals surface area contributed by atoms with Gasteiger partial charge >= 0.3 is 0 Å². The number of fused-ring (bicyclic) bond motifs is 8. The Balaban J connectivity index is 1.42. The molecule has 3 aromatic heterocycles. The summed E-state index contributed by atoms with van der Waals surface area (Å²) in [6.45, 7) is 12.8. The van der Waals surface area contributed by atoms with E-state index in [0.717, 1.165) is 85.5 Å². The van der Waals surface area contributed by atoms with Crippen molar-refractivity contribution in [2.45, 2.75) is 122 Å². The molecule has 1 spiro atoms. The maximum Gasteiger partial charge on any atom is 0.187 e. The van der Waals surface area contributed by atoms with Crippen LogP contribution in [0.3, 0.4) is 0 Å². The van der Waals surface area contributed by atoms with Crippen molar-refractivity contribution in [1.82, 2.24) is 19.9 Å². The van der Waals surface area contributed by atoms with Crippen LogP contribution in [0.5, 0.6) is 0 Å². The number of rotatable bonds is 7. The molecule has 1 saturated heterocycles. The molecule has 6 heterocycles. The highest BCUT2D eigenvalue weighted by Gasteiger charge is 2.67. The third kappa shape index (κ3) is 5.65. The first kappa shape index (κ1) is 34.0. The van der Waals surface area contributed by atoms with Crippen molar-refractivity contribution in [2.24, 2.45) is 0 Å². The van der Waals surface area contributed by atoms with Crippen LogP contribution in [0.15, 0.2) is 18.2 Å². The van der Waals surface area contributed by atoms with Crippen molar-refractivity contribution in [3.8, 4) is 0 Å². The van der Waals surface area contributed by atoms with Gasteiger partial charge in [-0.25, -0.2) is 4.98 Å². The topological polar surface area (TPSA) is 177 Å². The quantitative estimate of drug-likeness (QED) is 0.191. The molecule has 2 fully saturated rings. The second kappa shape index (κ2) is 12.7. The van der Waals surface area contributed by atoms with Crippen LogP contribution in [0, 0.1) is 20.8 Å². The molecule has 49 heavy (non-hydrogen) atoms. The first-order valence-electron chi connectivity index (χ1n) is 17.4. The molecule has 2 unspecified atom stereocenters. The van der Waals surface area contributed by atoms with Crippen LogP contribution in [0.2, 0.25) is 0 Å². The number of nitrogens with one attached hydrogen (secondary N) is 2. The fourth-order valence-corrected chi connectivity index (χ4v) is 7.93. The van der Waals surface area contributed by atoms with E-state index in [-0.39, 0.29) is 31.5 Å². The monoisotopic (exact) mass is 672 g/mol. The molecule has 3 aromatic rings. The fraction of sp³-hybridized carbons (Fsp3) is 0.526. The first-order valence-corrected chi connectivity index (χ1v) is 17.4. The average Bonchev–Trinajstić information content (AvgIpc) is 3.34. The Morgan fingerprint density at radius 1 is 0.898 bits per heavy atom. The number of aryl methyl sites for hydroxylation is 3. The van der Waals surface area contributed by atoms with Gasteiger partial charge in [-0.1, -0.05) is 13.8 Å². The second-order valence-corrected chi connectivity index (χ2v) is 14.3. The highest BCUT2D eigenvalue weighted by molar-refractivity contribution is 5.85. The summed E-state index contributed by atoms with van der Waals surface area (Å²) in [5, 5.41) is 51.8. The average molecular weight is 673 g/mol. The number of nitrogens with zero attached hydrogens (tertiary/aromatic N) is 2. The third-order valence-electron chi connectivity index (χ3n) is 11.3. The van der Waals surface area contributed by atoms with E-state index in [4.69, 9.17) is 19.4 Å². The van der Waals surface area contributed by atoms with Gasteiger partial charge in [-0.05, 0) is 99.1 Å². The minimum Gasteiger partial charge on any atom is -0.396 e. The van der Waals surface area contributed by atoms with E-state index < -0.39 is 36.3 Å². The summed E-state index contributed by atoms with van der Waals surface area (Å²) in [6, 6.07) is 6.28. The Hall–Kier alpha value is -3.42. The van der Waals surface area contributed by atoms with E-state index >= 15 is 0 Å². The van der Waals surface area contributed by atoms with Gasteiger partial charge in [0.1, 0.15) is 23.9 Å². The largest absolute Gasteiger partial charge is 0.396 e. The molecule has 8 bridgehead atoms. The van der Waals surface area contributed by atoms with Crippen LogP contribution in [0.1, 0.15) is 102 Å². The smallest absolute Gasteiger partial charge is 0.187 e. The molecule has 11 heteroatoms. The van der Waals surface area contributed by atoms with Gasteiger partial charge in [-0.3, -0.25) is 4.98 Å². The molecule has 262 valence electrons. The van der Waals surface area contributed by atoms with Crippen molar-refractivity contribution >= 4 is 33.7 Å². The SMILES string of the molecule is CCc1c(C)c2cc3[nH]c(cc4nc(c(C)c5nc(cc1[nH]2)C(C)=C5)[C@@H](CCCO)[C@@H]4C)c(C)c3CO[C@@H]1OC2(CC2O)[C@@H](O)[C@H](O)[C@H]1O. The fourth-order valence-electron chi connectivity index (χ4n) is 7.93. The number of hydrogen-bond donors (Lipinski definition) is 7. The van der Waals surface area contributed by atoms with Crippen molar-refractivity contribution in [3.05, 3.63) is 68.8 Å². The van der Waals surface area contributed by atoms with E-state index in [9.17, 15) is 25.5 Å². The minimum atomic E-state index is -1.52. The lowest BCUT2D eigenvalue weighted by molar-refractivity contribution is -0.314. The van der Waals surface area contributed by atoms with Crippen LogP contribution >= 0.6 is 0 Å². The lowest BCUT2D eigenvalue weighted by atomic mass is 9.86. The molecule has 7 N–H and O–H groups in total. The van der Waals surface area contributed by atoms with Gasteiger partial charge in [0.2, 0.25) is 0 Å². The molecule has 1 aliphatic carbocycles. The Morgan fingerprint density at radius 2 is 1.57 bits per heavy atom. The van der Waals surface area contributed by atoms with Crippen molar-refractivity contribution in [2.75, 3.05) is 6.61 Å². The summed E-state index contributed by atoms with van der Waals surface area (Å²) in [5.74, 6) is 0.225. The molecular weight excluding hydrogens is 624 g/mol. The standard InChI is InChI=1S/C38H48N4O7/c1-7-22-18(3)28-14-31-24(16-48-37-35(46)34(45)36(47)38(49-37)15-32(38)44)20(5)27(41-31)13-29-19(4)23(9-8-10-43)33(42-29)21(6)26-11-17(2)25(39-26)12-30(22)40-28/h11-14,19,23,32,34-37,40-41,43-47H,7-10,15-16H2,1-6H3/t19-,23-,32?,34+,35+,36-,37+,38?/m0/s1. The minimum absolute atomic E-state index is 0.0304. The number of aliphatic hydroxyl groups is 5. The van der Waals surface area contributed by atoms with E-state index in [1.54, 1.807) is 0 Å². The molecule has 0 amide bonds. The van der Waals surface area contributed by atoms with Gasteiger partial charge in [0.05, 0.1) is 24.1 Å². The van der Waals surface area contributed by atoms with E-state index in [2.05, 4.69) is 68.9 Å². The Bertz CT molecular complexity index is 1980. The normalized spacial score (nSPS) is 29.4. The van der Waals surface area contributed by atoms with Gasteiger partial charge in [0, 0.05) is 63.9 Å². The zero-order chi connectivity index (χ0) is 34.9. The van der Waals surface area contributed by atoms with Crippen molar-refractivity contribution < 1.29 is 35.0 Å². The van der Waals surface area contributed by atoms with Crippen LogP contribution in [0.4, 0.5) is 0 Å². The van der Waals surface area contributed by atoms with Crippen LogP contribution in [0.25, 0.3) is 33.7 Å². The summed E-state index contributed by atoms with van der Waals surface area (Å²) in [6.07, 6.45) is -2.03. The molecular formula is C38H48N4O7. The van der Waals surface area contributed by atoms with Gasteiger partial charge in [-0.2, -0.15) is 0 Å². The molecule has 11 nitrogen and oxygen atoms in total. The Kier molecular flexibility index (Phi) is 8.84. The van der Waals surface area contributed by atoms with Crippen molar-refractivity contribution in [3.63, 3.8) is 0 Å². The third-order valence-corrected chi connectivity index (χ3v) is 11.3. The molecule has 0 radical (unpaired) electrons. The van der Waals surface area contributed by atoms with E-state index in [0.29, 0.717) is 6.42 Å². The zero-order valence-electron chi connectivity index (χ0n) is 29.0. The van der Waals surface area contributed by atoms with Crippen LogP contribution in [-0.4, -0.2) is 88.4 Å². The number of aromatic amines is 2. The number of aromatic nitrogens is 4. The molecule has 7 rings (SSSR count). The van der Waals surface area contributed by atoms with Gasteiger partial charge in [-0.15, -0.1) is 0 Å². The lowest BCUT2D eigenvalue weighted by Gasteiger charge is -2.40. The summed E-state index contributed by atoms with van der Waals surface area (Å²) in [5.41, 5.74) is 12.2. The predicted octanol–water partition coefficient (Wildman–Crippen LogP) is 4.48.